The summed E-state index contributed by atoms with van der Waals surface area (Å²) in [7, 11) is 2.20. The predicted octanol–water partition coefficient (Wildman–Crippen LogP) is 3.58. The minimum Gasteiger partial charge on any atom is -0.304 e. The molecule has 0 radical (unpaired) electrons. The van der Waals surface area contributed by atoms with E-state index in [-0.39, 0.29) is 0 Å². The van der Waals surface area contributed by atoms with Gasteiger partial charge in [0.25, 0.3) is 0 Å². The monoisotopic (exact) mass is 219 g/mol. The maximum Gasteiger partial charge on any atom is 0.00355 e. The van der Waals surface area contributed by atoms with Crippen LogP contribution in [0, 0.1) is 13.8 Å². The molecule has 0 saturated heterocycles. The summed E-state index contributed by atoms with van der Waals surface area (Å²) >= 11 is 0. The molecular formula is C15H25N. The highest BCUT2D eigenvalue weighted by Gasteiger charge is 2.03. The normalized spacial score (nSPS) is 11.4. The summed E-state index contributed by atoms with van der Waals surface area (Å²) in [6, 6.07) is 7.47. The van der Waals surface area contributed by atoms with Gasteiger partial charge in [-0.3, -0.25) is 0 Å². The van der Waals surface area contributed by atoms with Gasteiger partial charge in [-0.25, -0.2) is 0 Å². The summed E-state index contributed by atoms with van der Waals surface area (Å²) in [5.74, 6) is 0. The number of rotatable bonds is 5. The van der Waals surface area contributed by atoms with Crippen molar-refractivity contribution in [3.05, 3.63) is 34.9 Å². The molecule has 0 amide bonds. The lowest BCUT2D eigenvalue weighted by atomic mass is 10.0. The van der Waals surface area contributed by atoms with Gasteiger partial charge in [-0.2, -0.15) is 0 Å². The second kappa shape index (κ2) is 6.05. The van der Waals surface area contributed by atoms with E-state index in [1.54, 1.807) is 0 Å². The Kier molecular flexibility index (Phi) is 5.01. The summed E-state index contributed by atoms with van der Waals surface area (Å²) in [4.78, 5) is 2.40. The van der Waals surface area contributed by atoms with E-state index in [4.69, 9.17) is 0 Å². The van der Waals surface area contributed by atoms with Crippen LogP contribution < -0.4 is 0 Å². The van der Waals surface area contributed by atoms with Gasteiger partial charge < -0.3 is 4.90 Å². The zero-order valence-electron chi connectivity index (χ0n) is 11.4. The SMILES string of the molecule is Cc1ccc(CCCN(C)C(C)C)cc1C. The van der Waals surface area contributed by atoms with E-state index in [1.165, 1.54) is 36.1 Å². The second-order valence-electron chi connectivity index (χ2n) is 5.10. The van der Waals surface area contributed by atoms with Crippen molar-refractivity contribution in [1.82, 2.24) is 4.90 Å². The van der Waals surface area contributed by atoms with Gasteiger partial charge in [-0.1, -0.05) is 18.2 Å². The zero-order chi connectivity index (χ0) is 12.1. The summed E-state index contributed by atoms with van der Waals surface area (Å²) in [5, 5.41) is 0. The third-order valence-electron chi connectivity index (χ3n) is 3.43. The molecule has 0 N–H and O–H groups in total. The highest BCUT2D eigenvalue weighted by molar-refractivity contribution is 5.29. The molecule has 1 rings (SSSR count). The molecule has 0 aliphatic carbocycles. The molecule has 0 bridgehead atoms. The molecule has 0 heterocycles. The zero-order valence-corrected chi connectivity index (χ0v) is 11.4. The van der Waals surface area contributed by atoms with Crippen LogP contribution in [-0.2, 0) is 6.42 Å². The quantitative estimate of drug-likeness (QED) is 0.731. The van der Waals surface area contributed by atoms with Crippen LogP contribution in [-0.4, -0.2) is 24.5 Å². The molecule has 90 valence electrons. The van der Waals surface area contributed by atoms with Crippen molar-refractivity contribution in [2.24, 2.45) is 0 Å². The molecule has 0 aliphatic rings. The average molecular weight is 219 g/mol. The highest BCUT2D eigenvalue weighted by atomic mass is 15.1. The Hall–Kier alpha value is -0.820. The first-order valence-electron chi connectivity index (χ1n) is 6.27. The summed E-state index contributed by atoms with van der Waals surface area (Å²) in [6.45, 7) is 10.0. The third kappa shape index (κ3) is 3.97. The Morgan fingerprint density at radius 2 is 1.81 bits per heavy atom. The molecule has 0 saturated carbocycles. The molecule has 0 spiro atoms. The van der Waals surface area contributed by atoms with E-state index < -0.39 is 0 Å². The number of hydrogen-bond acceptors (Lipinski definition) is 1. The first-order valence-corrected chi connectivity index (χ1v) is 6.27. The minimum atomic E-state index is 0.653. The average Bonchev–Trinajstić information content (AvgIpc) is 2.23. The van der Waals surface area contributed by atoms with Crippen LogP contribution in [0.2, 0.25) is 0 Å². The number of aryl methyl sites for hydroxylation is 3. The fourth-order valence-corrected chi connectivity index (χ4v) is 1.75. The van der Waals surface area contributed by atoms with Gasteiger partial charge >= 0.3 is 0 Å². The van der Waals surface area contributed by atoms with Crippen LogP contribution in [0.3, 0.4) is 0 Å². The molecule has 1 aromatic rings. The molecule has 0 fully saturated rings. The standard InChI is InChI=1S/C15H25N/c1-12(2)16(5)10-6-7-15-9-8-13(3)14(4)11-15/h8-9,11-12H,6-7,10H2,1-5H3. The van der Waals surface area contributed by atoms with Crippen molar-refractivity contribution in [2.45, 2.75) is 46.6 Å². The van der Waals surface area contributed by atoms with Crippen molar-refractivity contribution in [1.29, 1.82) is 0 Å². The second-order valence-corrected chi connectivity index (χ2v) is 5.10. The number of hydrogen-bond donors (Lipinski definition) is 0. The Bertz CT molecular complexity index is 328. The van der Waals surface area contributed by atoms with Gasteiger partial charge in [-0.05, 0) is 70.8 Å². The Labute approximate surface area is 100 Å². The molecule has 1 aromatic carbocycles. The lowest BCUT2D eigenvalue weighted by molar-refractivity contribution is 0.271. The van der Waals surface area contributed by atoms with Crippen molar-refractivity contribution >= 4 is 0 Å². The van der Waals surface area contributed by atoms with Crippen molar-refractivity contribution < 1.29 is 0 Å². The maximum absolute atomic E-state index is 2.40. The van der Waals surface area contributed by atoms with Crippen molar-refractivity contribution in [3.63, 3.8) is 0 Å². The Morgan fingerprint density at radius 1 is 1.12 bits per heavy atom. The van der Waals surface area contributed by atoms with E-state index in [2.05, 4.69) is 57.8 Å². The van der Waals surface area contributed by atoms with Gasteiger partial charge in [0.1, 0.15) is 0 Å². The summed E-state index contributed by atoms with van der Waals surface area (Å²) < 4.78 is 0. The van der Waals surface area contributed by atoms with Crippen molar-refractivity contribution in [3.8, 4) is 0 Å². The predicted molar refractivity (Wildman–Crippen MR) is 72.0 cm³/mol. The van der Waals surface area contributed by atoms with Gasteiger partial charge in [-0.15, -0.1) is 0 Å². The van der Waals surface area contributed by atoms with E-state index in [9.17, 15) is 0 Å². The lowest BCUT2D eigenvalue weighted by Crippen LogP contribution is -2.27. The van der Waals surface area contributed by atoms with E-state index in [1.807, 2.05) is 0 Å². The molecule has 0 unspecified atom stereocenters. The molecule has 0 aliphatic heterocycles. The van der Waals surface area contributed by atoms with Gasteiger partial charge in [0.05, 0.1) is 0 Å². The molecule has 16 heavy (non-hydrogen) atoms. The largest absolute Gasteiger partial charge is 0.304 e. The molecule has 0 atom stereocenters. The fourth-order valence-electron chi connectivity index (χ4n) is 1.75. The summed E-state index contributed by atoms with van der Waals surface area (Å²) in [6.07, 6.45) is 2.44. The Morgan fingerprint density at radius 3 is 2.38 bits per heavy atom. The number of nitrogens with zero attached hydrogens (tertiary/aromatic N) is 1. The van der Waals surface area contributed by atoms with Crippen LogP contribution in [0.25, 0.3) is 0 Å². The number of benzene rings is 1. The third-order valence-corrected chi connectivity index (χ3v) is 3.43. The van der Waals surface area contributed by atoms with E-state index in [0.29, 0.717) is 6.04 Å². The van der Waals surface area contributed by atoms with Gasteiger partial charge in [0.15, 0.2) is 0 Å². The Balaban J connectivity index is 2.40. The molecular weight excluding hydrogens is 194 g/mol. The van der Waals surface area contributed by atoms with Crippen LogP contribution in [0.1, 0.15) is 37.0 Å². The first kappa shape index (κ1) is 13.2. The first-order chi connectivity index (χ1) is 7.50. The lowest BCUT2D eigenvalue weighted by Gasteiger charge is -2.20. The van der Waals surface area contributed by atoms with E-state index in [0.717, 1.165) is 0 Å². The molecule has 1 heteroatoms. The van der Waals surface area contributed by atoms with Crippen LogP contribution in [0.4, 0.5) is 0 Å². The molecule has 1 nitrogen and oxygen atoms in total. The van der Waals surface area contributed by atoms with E-state index >= 15 is 0 Å². The van der Waals surface area contributed by atoms with Gasteiger partial charge in [0, 0.05) is 6.04 Å². The van der Waals surface area contributed by atoms with Gasteiger partial charge in [0.2, 0.25) is 0 Å². The summed E-state index contributed by atoms with van der Waals surface area (Å²) in [5.41, 5.74) is 4.28. The topological polar surface area (TPSA) is 3.24 Å². The van der Waals surface area contributed by atoms with Crippen molar-refractivity contribution in [2.75, 3.05) is 13.6 Å². The van der Waals surface area contributed by atoms with Crippen LogP contribution in [0.5, 0.6) is 0 Å². The highest BCUT2D eigenvalue weighted by Crippen LogP contribution is 2.11. The van der Waals surface area contributed by atoms with Crippen LogP contribution in [0.15, 0.2) is 18.2 Å². The molecule has 0 aromatic heterocycles. The minimum absolute atomic E-state index is 0.653. The fraction of sp³-hybridized carbons (Fsp3) is 0.600. The maximum atomic E-state index is 2.40. The smallest absolute Gasteiger partial charge is 0.00355 e. The van der Waals surface area contributed by atoms with Crippen LogP contribution >= 0.6 is 0 Å².